The lowest BCUT2D eigenvalue weighted by molar-refractivity contribution is 0.146. The first kappa shape index (κ1) is 16.6. The Hall–Kier alpha value is -0.470. The van der Waals surface area contributed by atoms with Crippen LogP contribution in [0.4, 0.5) is 0 Å². The molecule has 0 aliphatic rings. The van der Waals surface area contributed by atoms with Crippen LogP contribution in [0, 0.1) is 0 Å². The third-order valence-corrected chi connectivity index (χ3v) is 5.45. The molecular formula is C12H22N2O3S2. The first-order valence-electron chi connectivity index (χ1n) is 6.47. The van der Waals surface area contributed by atoms with Gasteiger partial charge >= 0.3 is 0 Å². The summed E-state index contributed by atoms with van der Waals surface area (Å²) in [5, 5.41) is 3.17. The van der Waals surface area contributed by atoms with E-state index in [1.54, 1.807) is 6.07 Å². The van der Waals surface area contributed by atoms with E-state index in [1.165, 1.54) is 11.3 Å². The van der Waals surface area contributed by atoms with Crippen molar-refractivity contribution in [1.82, 2.24) is 10.0 Å². The molecule has 1 aromatic rings. The molecule has 0 saturated heterocycles. The van der Waals surface area contributed by atoms with Gasteiger partial charge in [-0.1, -0.05) is 6.92 Å². The fourth-order valence-corrected chi connectivity index (χ4v) is 3.89. The molecule has 0 atom stereocenters. The number of hydrogen-bond donors (Lipinski definition) is 2. The van der Waals surface area contributed by atoms with Crippen LogP contribution in [0.3, 0.4) is 0 Å². The van der Waals surface area contributed by atoms with E-state index in [-0.39, 0.29) is 0 Å². The van der Waals surface area contributed by atoms with Gasteiger partial charge in [0.15, 0.2) is 0 Å². The molecule has 19 heavy (non-hydrogen) atoms. The molecule has 1 rings (SSSR count). The minimum Gasteiger partial charge on any atom is -0.382 e. The lowest BCUT2D eigenvalue weighted by Gasteiger charge is -2.04. The van der Waals surface area contributed by atoms with Gasteiger partial charge < -0.3 is 10.1 Å². The Kier molecular flexibility index (Phi) is 7.55. The molecule has 0 aromatic carbocycles. The Bertz CT molecular complexity index is 457. The van der Waals surface area contributed by atoms with Gasteiger partial charge in [-0.2, -0.15) is 0 Å². The van der Waals surface area contributed by atoms with E-state index < -0.39 is 10.0 Å². The summed E-state index contributed by atoms with van der Waals surface area (Å²) >= 11 is 1.30. The molecule has 0 saturated carbocycles. The van der Waals surface area contributed by atoms with Crippen LogP contribution in [0.2, 0.25) is 0 Å². The van der Waals surface area contributed by atoms with Gasteiger partial charge in [0.25, 0.3) is 0 Å². The van der Waals surface area contributed by atoms with Crippen molar-refractivity contribution >= 4 is 21.4 Å². The number of ether oxygens (including phenoxy) is 1. The summed E-state index contributed by atoms with van der Waals surface area (Å²) in [6.45, 7) is 7.16. The largest absolute Gasteiger partial charge is 0.382 e. The van der Waals surface area contributed by atoms with E-state index in [0.29, 0.717) is 36.9 Å². The number of hydrogen-bond acceptors (Lipinski definition) is 5. The average Bonchev–Trinajstić information content (AvgIpc) is 2.85. The van der Waals surface area contributed by atoms with E-state index in [9.17, 15) is 8.42 Å². The van der Waals surface area contributed by atoms with E-state index in [0.717, 1.165) is 11.4 Å². The molecule has 0 bridgehead atoms. The van der Waals surface area contributed by atoms with Crippen molar-refractivity contribution in [2.75, 3.05) is 26.3 Å². The Morgan fingerprint density at radius 1 is 1.32 bits per heavy atom. The quantitative estimate of drug-likeness (QED) is 0.644. The Labute approximate surface area is 119 Å². The van der Waals surface area contributed by atoms with Gasteiger partial charge in [-0.15, -0.1) is 11.3 Å². The molecule has 0 aliphatic carbocycles. The van der Waals surface area contributed by atoms with Crippen molar-refractivity contribution in [2.45, 2.75) is 31.0 Å². The molecule has 5 nitrogen and oxygen atoms in total. The second kappa shape index (κ2) is 8.65. The fourth-order valence-electron chi connectivity index (χ4n) is 1.44. The van der Waals surface area contributed by atoms with Crippen molar-refractivity contribution in [2.24, 2.45) is 0 Å². The number of thiophene rings is 1. The molecule has 0 amide bonds. The van der Waals surface area contributed by atoms with E-state index in [4.69, 9.17) is 4.74 Å². The predicted octanol–water partition coefficient (Wildman–Crippen LogP) is 1.56. The van der Waals surface area contributed by atoms with E-state index in [2.05, 4.69) is 10.0 Å². The highest BCUT2D eigenvalue weighted by Gasteiger charge is 2.15. The van der Waals surface area contributed by atoms with Crippen molar-refractivity contribution in [3.05, 3.63) is 17.0 Å². The van der Waals surface area contributed by atoms with Gasteiger partial charge in [-0.3, -0.25) is 0 Å². The van der Waals surface area contributed by atoms with Crippen LogP contribution in [0.25, 0.3) is 0 Å². The van der Waals surface area contributed by atoms with Crippen LogP contribution < -0.4 is 10.0 Å². The maximum absolute atomic E-state index is 12.0. The zero-order valence-corrected chi connectivity index (χ0v) is 13.1. The molecule has 0 fully saturated rings. The maximum Gasteiger partial charge on any atom is 0.250 e. The monoisotopic (exact) mass is 306 g/mol. The summed E-state index contributed by atoms with van der Waals surface area (Å²) in [6.07, 6.45) is 0.683. The predicted molar refractivity (Wildman–Crippen MR) is 78.0 cm³/mol. The van der Waals surface area contributed by atoms with Crippen LogP contribution in [0.1, 0.15) is 25.1 Å². The zero-order chi connectivity index (χ0) is 14.1. The molecular weight excluding hydrogens is 284 g/mol. The van der Waals surface area contributed by atoms with Crippen molar-refractivity contribution in [3.8, 4) is 0 Å². The Balaban J connectivity index is 2.45. The van der Waals surface area contributed by atoms with Gasteiger partial charge in [-0.25, -0.2) is 13.1 Å². The molecule has 0 radical (unpaired) electrons. The molecule has 0 unspecified atom stereocenters. The highest BCUT2D eigenvalue weighted by molar-refractivity contribution is 7.91. The number of nitrogens with one attached hydrogen (secondary N) is 2. The Morgan fingerprint density at radius 2 is 2.11 bits per heavy atom. The molecule has 7 heteroatoms. The van der Waals surface area contributed by atoms with Gasteiger partial charge in [-0.05, 0) is 32.0 Å². The average molecular weight is 306 g/mol. The standard InChI is InChI=1S/C12H22N2O3S2/c1-3-13-10-11-6-7-12(18-11)19(15,16)14-8-5-9-17-4-2/h6-7,13-14H,3-5,8-10H2,1-2H3. The Morgan fingerprint density at radius 3 is 2.79 bits per heavy atom. The molecule has 1 heterocycles. The smallest absolute Gasteiger partial charge is 0.250 e. The van der Waals surface area contributed by atoms with E-state index in [1.807, 2.05) is 19.9 Å². The van der Waals surface area contributed by atoms with Gasteiger partial charge in [0.2, 0.25) is 10.0 Å². The second-order valence-corrected chi connectivity index (χ2v) is 7.11. The van der Waals surface area contributed by atoms with Crippen molar-refractivity contribution < 1.29 is 13.2 Å². The summed E-state index contributed by atoms with van der Waals surface area (Å²) in [7, 11) is -3.37. The fraction of sp³-hybridized carbons (Fsp3) is 0.667. The number of sulfonamides is 1. The lowest BCUT2D eigenvalue weighted by atomic mass is 10.4. The molecule has 0 aliphatic heterocycles. The summed E-state index contributed by atoms with van der Waals surface area (Å²) in [5.41, 5.74) is 0. The van der Waals surface area contributed by atoms with Gasteiger partial charge in [0, 0.05) is 31.2 Å². The van der Waals surface area contributed by atoms with Crippen LogP contribution in [0.5, 0.6) is 0 Å². The SMILES string of the molecule is CCNCc1ccc(S(=O)(=O)NCCCOCC)s1. The normalized spacial score (nSPS) is 11.9. The molecule has 1 aromatic heterocycles. The van der Waals surface area contributed by atoms with Crippen LogP contribution in [-0.2, 0) is 21.3 Å². The summed E-state index contributed by atoms with van der Waals surface area (Å²) in [4.78, 5) is 1.02. The van der Waals surface area contributed by atoms with Crippen LogP contribution in [-0.4, -0.2) is 34.7 Å². The third-order valence-electron chi connectivity index (χ3n) is 2.41. The van der Waals surface area contributed by atoms with Crippen LogP contribution in [0.15, 0.2) is 16.3 Å². The summed E-state index contributed by atoms with van der Waals surface area (Å²) < 4.78 is 32.1. The highest BCUT2D eigenvalue weighted by Crippen LogP contribution is 2.21. The topological polar surface area (TPSA) is 67.4 Å². The first-order valence-corrected chi connectivity index (χ1v) is 8.77. The van der Waals surface area contributed by atoms with Gasteiger partial charge in [0.1, 0.15) is 4.21 Å². The molecule has 0 spiro atoms. The zero-order valence-electron chi connectivity index (χ0n) is 11.4. The number of rotatable bonds is 10. The summed E-state index contributed by atoms with van der Waals surface area (Å²) in [5.74, 6) is 0. The lowest BCUT2D eigenvalue weighted by Crippen LogP contribution is -2.24. The molecule has 2 N–H and O–H groups in total. The minimum absolute atomic E-state index is 0.372. The van der Waals surface area contributed by atoms with Crippen molar-refractivity contribution in [1.29, 1.82) is 0 Å². The van der Waals surface area contributed by atoms with Crippen molar-refractivity contribution in [3.63, 3.8) is 0 Å². The van der Waals surface area contributed by atoms with Gasteiger partial charge in [0.05, 0.1) is 0 Å². The third kappa shape index (κ3) is 6.01. The minimum atomic E-state index is -3.37. The first-order chi connectivity index (χ1) is 9.10. The maximum atomic E-state index is 12.0. The highest BCUT2D eigenvalue weighted by atomic mass is 32.2. The molecule has 110 valence electrons. The van der Waals surface area contributed by atoms with Crippen LogP contribution >= 0.6 is 11.3 Å². The second-order valence-electron chi connectivity index (χ2n) is 3.95. The summed E-state index contributed by atoms with van der Waals surface area (Å²) in [6, 6.07) is 3.50. The van der Waals surface area contributed by atoms with E-state index >= 15 is 0 Å².